The van der Waals surface area contributed by atoms with Gasteiger partial charge in [-0.1, -0.05) is 25.0 Å². The van der Waals surface area contributed by atoms with Crippen LogP contribution in [0.25, 0.3) is 6.08 Å². The fourth-order valence-corrected chi connectivity index (χ4v) is 3.48. The average molecular weight is 465 g/mol. The normalized spacial score (nSPS) is 15.5. The fraction of sp³-hybridized carbons (Fsp3) is 0.407. The van der Waals surface area contributed by atoms with Gasteiger partial charge in [0.1, 0.15) is 17.2 Å². The molecule has 2 aliphatic rings. The molecule has 2 amide bonds. The van der Waals surface area contributed by atoms with Crippen LogP contribution in [0.5, 0.6) is 11.5 Å². The molecule has 2 aromatic rings. The second-order valence-electron chi connectivity index (χ2n) is 8.84. The topological polar surface area (TPSA) is 96.9 Å². The van der Waals surface area contributed by atoms with E-state index in [1.54, 1.807) is 30.3 Å². The van der Waals surface area contributed by atoms with Gasteiger partial charge in [-0.2, -0.15) is 0 Å². The van der Waals surface area contributed by atoms with Crippen LogP contribution in [0.2, 0.25) is 0 Å². The van der Waals surface area contributed by atoms with Gasteiger partial charge in [0.25, 0.3) is 11.8 Å². The number of hydrogen-bond donors (Lipinski definition) is 3. The number of aliphatic hydroxyl groups is 1. The lowest BCUT2D eigenvalue weighted by Gasteiger charge is -2.12. The van der Waals surface area contributed by atoms with Crippen molar-refractivity contribution in [2.75, 3.05) is 19.8 Å². The molecule has 2 aromatic carbocycles. The molecule has 7 nitrogen and oxygen atoms in total. The van der Waals surface area contributed by atoms with Crippen LogP contribution in [0.3, 0.4) is 0 Å². The number of ether oxygens (including phenoxy) is 2. The monoisotopic (exact) mass is 464 g/mol. The predicted molar refractivity (Wildman–Crippen MR) is 130 cm³/mol. The van der Waals surface area contributed by atoms with E-state index < -0.39 is 11.8 Å². The van der Waals surface area contributed by atoms with E-state index in [0.717, 1.165) is 42.2 Å². The summed E-state index contributed by atoms with van der Waals surface area (Å²) in [7, 11) is 0. The standard InChI is InChI=1S/C27H32N2O5/c30-16-15-28-27(32)25(18-20-5-9-23(10-6-20)34-24-13-14-24)29-26(31)21-7-11-22(12-8-21)33-17-1-2-19-3-4-19/h5-12,18-19,24,30H,1-4,13-17H2,(H,28,32)(H,29,31). The quantitative estimate of drug-likeness (QED) is 0.310. The molecule has 3 N–H and O–H groups in total. The summed E-state index contributed by atoms with van der Waals surface area (Å²) in [4.78, 5) is 25.4. The van der Waals surface area contributed by atoms with Crippen LogP contribution >= 0.6 is 0 Å². The van der Waals surface area contributed by atoms with Gasteiger partial charge in [0, 0.05) is 12.1 Å². The summed E-state index contributed by atoms with van der Waals surface area (Å²) in [5.74, 6) is 1.51. The molecule has 0 heterocycles. The van der Waals surface area contributed by atoms with Gasteiger partial charge in [0.15, 0.2) is 0 Å². The van der Waals surface area contributed by atoms with Crippen molar-refractivity contribution < 1.29 is 24.2 Å². The van der Waals surface area contributed by atoms with E-state index in [0.29, 0.717) is 18.3 Å². The van der Waals surface area contributed by atoms with Crippen LogP contribution in [0.15, 0.2) is 54.2 Å². The second kappa shape index (κ2) is 11.7. The third-order valence-corrected chi connectivity index (χ3v) is 5.75. The first-order valence-corrected chi connectivity index (χ1v) is 12.0. The molecule has 0 aliphatic heterocycles. The third-order valence-electron chi connectivity index (χ3n) is 5.75. The van der Waals surface area contributed by atoms with Gasteiger partial charge < -0.3 is 25.2 Å². The fourth-order valence-electron chi connectivity index (χ4n) is 3.48. The van der Waals surface area contributed by atoms with Crippen LogP contribution in [-0.4, -0.2) is 42.8 Å². The number of hydrogen-bond acceptors (Lipinski definition) is 5. The predicted octanol–water partition coefficient (Wildman–Crippen LogP) is 3.68. The van der Waals surface area contributed by atoms with Crippen molar-refractivity contribution in [1.82, 2.24) is 10.6 Å². The number of nitrogens with one attached hydrogen (secondary N) is 2. The van der Waals surface area contributed by atoms with Crippen molar-refractivity contribution in [3.05, 3.63) is 65.4 Å². The first kappa shape index (κ1) is 23.8. The summed E-state index contributed by atoms with van der Waals surface area (Å²) in [6, 6.07) is 14.2. The third kappa shape index (κ3) is 7.63. The highest BCUT2D eigenvalue weighted by atomic mass is 16.5. The molecule has 0 aromatic heterocycles. The van der Waals surface area contributed by atoms with E-state index in [1.807, 2.05) is 24.3 Å². The lowest BCUT2D eigenvalue weighted by atomic mass is 10.1. The summed E-state index contributed by atoms with van der Waals surface area (Å²) in [6.45, 7) is 0.569. The largest absolute Gasteiger partial charge is 0.494 e. The van der Waals surface area contributed by atoms with Gasteiger partial charge in [-0.25, -0.2) is 0 Å². The zero-order valence-corrected chi connectivity index (χ0v) is 19.3. The van der Waals surface area contributed by atoms with Crippen molar-refractivity contribution >= 4 is 17.9 Å². The Hall–Kier alpha value is -3.32. The molecule has 0 unspecified atom stereocenters. The van der Waals surface area contributed by atoms with Crippen molar-refractivity contribution in [3.63, 3.8) is 0 Å². The van der Waals surface area contributed by atoms with Crippen molar-refractivity contribution in [2.45, 2.75) is 44.6 Å². The van der Waals surface area contributed by atoms with Crippen molar-refractivity contribution in [1.29, 1.82) is 0 Å². The Kier molecular flexibility index (Phi) is 8.20. The van der Waals surface area contributed by atoms with E-state index in [4.69, 9.17) is 14.6 Å². The summed E-state index contributed by atoms with van der Waals surface area (Å²) in [5, 5.41) is 14.3. The molecule has 4 rings (SSSR count). The van der Waals surface area contributed by atoms with Crippen LogP contribution in [-0.2, 0) is 4.79 Å². The number of amides is 2. The molecular formula is C27H32N2O5. The smallest absolute Gasteiger partial charge is 0.267 e. The molecule has 0 atom stereocenters. The molecule has 0 radical (unpaired) electrons. The highest BCUT2D eigenvalue weighted by molar-refractivity contribution is 6.05. The lowest BCUT2D eigenvalue weighted by molar-refractivity contribution is -0.117. The maximum atomic E-state index is 12.8. The Morgan fingerprint density at radius 2 is 1.68 bits per heavy atom. The van der Waals surface area contributed by atoms with Crippen LogP contribution < -0.4 is 20.1 Å². The Morgan fingerprint density at radius 3 is 2.32 bits per heavy atom. The first-order valence-electron chi connectivity index (χ1n) is 12.0. The molecular weight excluding hydrogens is 432 g/mol. The first-order chi connectivity index (χ1) is 16.6. The van der Waals surface area contributed by atoms with Crippen molar-refractivity contribution in [3.8, 4) is 11.5 Å². The Balaban J connectivity index is 1.37. The number of carbonyl (C=O) groups is 2. The molecule has 0 saturated heterocycles. The van der Waals surface area contributed by atoms with Crippen LogP contribution in [0.1, 0.15) is 54.4 Å². The highest BCUT2D eigenvalue weighted by Gasteiger charge is 2.23. The number of benzene rings is 2. The molecule has 7 heteroatoms. The van der Waals surface area contributed by atoms with Crippen LogP contribution in [0.4, 0.5) is 0 Å². The SMILES string of the molecule is O=C(NCCO)C(=Cc1ccc(OC2CC2)cc1)NC(=O)c1ccc(OCCCC2CC2)cc1. The minimum absolute atomic E-state index is 0.0903. The summed E-state index contributed by atoms with van der Waals surface area (Å²) >= 11 is 0. The average Bonchev–Trinajstić information content (AvgIpc) is 3.78. The second-order valence-corrected chi connectivity index (χ2v) is 8.84. The number of rotatable bonds is 13. The molecule has 34 heavy (non-hydrogen) atoms. The zero-order chi connectivity index (χ0) is 23.8. The summed E-state index contributed by atoms with van der Waals surface area (Å²) in [6.07, 6.45) is 9.01. The Labute approximate surface area is 200 Å². The molecule has 180 valence electrons. The maximum Gasteiger partial charge on any atom is 0.267 e. The van der Waals surface area contributed by atoms with Crippen molar-refractivity contribution in [2.24, 2.45) is 5.92 Å². The van der Waals surface area contributed by atoms with Gasteiger partial charge in [-0.3, -0.25) is 9.59 Å². The minimum atomic E-state index is -0.476. The Morgan fingerprint density at radius 1 is 0.971 bits per heavy atom. The van der Waals surface area contributed by atoms with Gasteiger partial charge >= 0.3 is 0 Å². The summed E-state index contributed by atoms with van der Waals surface area (Å²) in [5.41, 5.74) is 1.25. The van der Waals surface area contributed by atoms with Gasteiger partial charge in [0.05, 0.1) is 19.3 Å². The van der Waals surface area contributed by atoms with Gasteiger partial charge in [0.2, 0.25) is 0 Å². The number of aliphatic hydroxyl groups excluding tert-OH is 1. The van der Waals surface area contributed by atoms with Crippen LogP contribution in [0, 0.1) is 5.92 Å². The zero-order valence-electron chi connectivity index (χ0n) is 19.3. The lowest BCUT2D eigenvalue weighted by Crippen LogP contribution is -2.36. The molecule has 0 spiro atoms. The molecule has 2 saturated carbocycles. The molecule has 2 aliphatic carbocycles. The van der Waals surface area contributed by atoms with E-state index >= 15 is 0 Å². The van der Waals surface area contributed by atoms with Gasteiger partial charge in [-0.15, -0.1) is 0 Å². The highest BCUT2D eigenvalue weighted by Crippen LogP contribution is 2.33. The number of carbonyl (C=O) groups excluding carboxylic acids is 2. The molecule has 2 fully saturated rings. The Bertz CT molecular complexity index is 993. The minimum Gasteiger partial charge on any atom is -0.494 e. The summed E-state index contributed by atoms with van der Waals surface area (Å²) < 4.78 is 11.5. The maximum absolute atomic E-state index is 12.8. The van der Waals surface area contributed by atoms with Gasteiger partial charge in [-0.05, 0) is 79.6 Å². The van der Waals surface area contributed by atoms with E-state index in [-0.39, 0.29) is 18.8 Å². The van der Waals surface area contributed by atoms with E-state index in [1.165, 1.54) is 19.3 Å². The molecule has 0 bridgehead atoms. The van der Waals surface area contributed by atoms with E-state index in [2.05, 4.69) is 10.6 Å². The van der Waals surface area contributed by atoms with E-state index in [9.17, 15) is 9.59 Å².